The van der Waals surface area contributed by atoms with Crippen LogP contribution in [0.25, 0.3) is 5.52 Å². The summed E-state index contributed by atoms with van der Waals surface area (Å²) in [6, 6.07) is 2.69. The van der Waals surface area contributed by atoms with Gasteiger partial charge in [0.05, 0.1) is 24.0 Å². The van der Waals surface area contributed by atoms with Crippen molar-refractivity contribution in [2.45, 2.75) is 6.04 Å². The normalized spacial score (nSPS) is 12.8. The van der Waals surface area contributed by atoms with E-state index in [1.54, 1.807) is 29.3 Å². The van der Waals surface area contributed by atoms with Crippen molar-refractivity contribution < 1.29 is 8.78 Å². The highest BCUT2D eigenvalue weighted by Crippen LogP contribution is 2.25. The molecular formula is C13H11F2N5. The van der Waals surface area contributed by atoms with Gasteiger partial charge in [-0.05, 0) is 17.7 Å². The fraction of sp³-hybridized carbons (Fsp3) is 0.0769. The van der Waals surface area contributed by atoms with Gasteiger partial charge in [0.15, 0.2) is 0 Å². The molecular weight excluding hydrogens is 264 g/mol. The monoisotopic (exact) mass is 275 g/mol. The van der Waals surface area contributed by atoms with E-state index in [2.05, 4.69) is 15.5 Å². The maximum absolute atomic E-state index is 13.3. The molecule has 0 amide bonds. The fourth-order valence-corrected chi connectivity index (χ4v) is 2.18. The molecule has 2 aromatic heterocycles. The number of halogens is 2. The Balaban J connectivity index is 2.14. The van der Waals surface area contributed by atoms with Gasteiger partial charge in [-0.3, -0.25) is 10.8 Å². The number of hydrazine groups is 1. The summed E-state index contributed by atoms with van der Waals surface area (Å²) in [7, 11) is 0. The molecule has 0 aliphatic rings. The lowest BCUT2D eigenvalue weighted by molar-refractivity contribution is 0.566. The van der Waals surface area contributed by atoms with Gasteiger partial charge in [-0.15, -0.1) is 0 Å². The molecule has 0 fully saturated rings. The maximum Gasteiger partial charge on any atom is 0.126 e. The second-order valence-corrected chi connectivity index (χ2v) is 4.31. The van der Waals surface area contributed by atoms with Crippen molar-refractivity contribution in [2.24, 2.45) is 5.84 Å². The maximum atomic E-state index is 13.3. The lowest BCUT2D eigenvalue weighted by Crippen LogP contribution is -2.29. The summed E-state index contributed by atoms with van der Waals surface area (Å²) < 4.78 is 28.3. The van der Waals surface area contributed by atoms with Gasteiger partial charge >= 0.3 is 0 Å². The molecule has 3 aromatic rings. The first-order valence-corrected chi connectivity index (χ1v) is 5.88. The third kappa shape index (κ3) is 2.13. The van der Waals surface area contributed by atoms with Gasteiger partial charge in [-0.1, -0.05) is 0 Å². The van der Waals surface area contributed by atoms with Crippen LogP contribution in [0.1, 0.15) is 17.2 Å². The first-order chi connectivity index (χ1) is 9.69. The van der Waals surface area contributed by atoms with E-state index < -0.39 is 17.7 Å². The molecule has 0 bridgehead atoms. The molecule has 0 saturated carbocycles. The van der Waals surface area contributed by atoms with Gasteiger partial charge < -0.3 is 0 Å². The summed E-state index contributed by atoms with van der Waals surface area (Å²) in [5.41, 5.74) is 4.33. The standard InChI is InChI=1S/C13H11F2N5/c14-9-3-8(4-10(15)5-9)13(19-16)11-6-18-20-2-1-17-7-12(11)20/h1-7,13,19H,16H2. The number of hydrogen-bond acceptors (Lipinski definition) is 4. The van der Waals surface area contributed by atoms with Crippen LogP contribution in [-0.2, 0) is 0 Å². The summed E-state index contributed by atoms with van der Waals surface area (Å²) in [5, 5.41) is 4.15. The van der Waals surface area contributed by atoms with Gasteiger partial charge in [0.2, 0.25) is 0 Å². The van der Waals surface area contributed by atoms with Crippen LogP contribution in [0.2, 0.25) is 0 Å². The predicted molar refractivity (Wildman–Crippen MR) is 68.5 cm³/mol. The van der Waals surface area contributed by atoms with Gasteiger partial charge in [-0.25, -0.2) is 18.7 Å². The van der Waals surface area contributed by atoms with Crippen molar-refractivity contribution in [2.75, 3.05) is 0 Å². The number of benzene rings is 1. The molecule has 3 rings (SSSR count). The van der Waals surface area contributed by atoms with Crippen LogP contribution in [0.15, 0.2) is 43.0 Å². The fourth-order valence-electron chi connectivity index (χ4n) is 2.18. The summed E-state index contributed by atoms with van der Waals surface area (Å²) in [4.78, 5) is 4.01. The molecule has 1 unspecified atom stereocenters. The lowest BCUT2D eigenvalue weighted by Gasteiger charge is -2.15. The SMILES string of the molecule is NNC(c1cc(F)cc(F)c1)c1cnn2ccncc12. The molecule has 102 valence electrons. The number of hydrogen-bond donors (Lipinski definition) is 2. The number of fused-ring (bicyclic) bond motifs is 1. The van der Waals surface area contributed by atoms with E-state index in [9.17, 15) is 8.78 Å². The molecule has 0 aliphatic carbocycles. The molecule has 2 heterocycles. The van der Waals surface area contributed by atoms with Gasteiger partial charge in [0, 0.05) is 24.0 Å². The third-order valence-electron chi connectivity index (χ3n) is 3.05. The quantitative estimate of drug-likeness (QED) is 0.562. The smallest absolute Gasteiger partial charge is 0.126 e. The molecule has 1 aromatic carbocycles. The van der Waals surface area contributed by atoms with Crippen molar-refractivity contribution >= 4 is 5.52 Å². The van der Waals surface area contributed by atoms with Crippen LogP contribution in [0.4, 0.5) is 8.78 Å². The van der Waals surface area contributed by atoms with Crippen molar-refractivity contribution in [3.05, 3.63) is 65.7 Å². The van der Waals surface area contributed by atoms with E-state index in [0.29, 0.717) is 16.6 Å². The zero-order chi connectivity index (χ0) is 14.1. The lowest BCUT2D eigenvalue weighted by atomic mass is 10.0. The minimum absolute atomic E-state index is 0.378. The van der Waals surface area contributed by atoms with Crippen LogP contribution >= 0.6 is 0 Å². The highest BCUT2D eigenvalue weighted by Gasteiger charge is 2.18. The Morgan fingerprint density at radius 2 is 1.90 bits per heavy atom. The van der Waals surface area contributed by atoms with Crippen molar-refractivity contribution in [1.82, 2.24) is 20.0 Å². The van der Waals surface area contributed by atoms with Gasteiger partial charge in [-0.2, -0.15) is 5.10 Å². The van der Waals surface area contributed by atoms with E-state index in [-0.39, 0.29) is 0 Å². The van der Waals surface area contributed by atoms with Crippen LogP contribution in [0, 0.1) is 11.6 Å². The largest absolute Gasteiger partial charge is 0.271 e. The van der Waals surface area contributed by atoms with Crippen molar-refractivity contribution in [3.8, 4) is 0 Å². The number of nitrogens with one attached hydrogen (secondary N) is 1. The molecule has 5 nitrogen and oxygen atoms in total. The van der Waals surface area contributed by atoms with E-state index in [1.165, 1.54) is 12.1 Å². The number of rotatable bonds is 3. The molecule has 1 atom stereocenters. The predicted octanol–water partition coefficient (Wildman–Crippen LogP) is 1.56. The average molecular weight is 275 g/mol. The van der Waals surface area contributed by atoms with Crippen molar-refractivity contribution in [1.29, 1.82) is 0 Å². The summed E-state index contributed by atoms with van der Waals surface area (Å²) in [6.45, 7) is 0. The number of aromatic nitrogens is 3. The van der Waals surface area contributed by atoms with Crippen molar-refractivity contribution in [3.63, 3.8) is 0 Å². The molecule has 0 spiro atoms. The first-order valence-electron chi connectivity index (χ1n) is 5.88. The molecule has 0 saturated heterocycles. The molecule has 0 radical (unpaired) electrons. The zero-order valence-corrected chi connectivity index (χ0v) is 10.3. The Bertz CT molecular complexity index is 735. The highest BCUT2D eigenvalue weighted by atomic mass is 19.1. The van der Waals surface area contributed by atoms with Gasteiger partial charge in [0.25, 0.3) is 0 Å². The Morgan fingerprint density at radius 1 is 1.15 bits per heavy atom. The van der Waals surface area contributed by atoms with Gasteiger partial charge in [0.1, 0.15) is 11.6 Å². The van der Waals surface area contributed by atoms with Crippen LogP contribution in [0.3, 0.4) is 0 Å². The van der Waals surface area contributed by atoms with E-state index in [1.807, 2.05) is 0 Å². The molecule has 3 N–H and O–H groups in total. The Labute approximate surface area is 113 Å². The summed E-state index contributed by atoms with van der Waals surface area (Å²) in [6.07, 6.45) is 6.47. The number of nitrogens with zero attached hydrogens (tertiary/aromatic N) is 3. The zero-order valence-electron chi connectivity index (χ0n) is 10.3. The van der Waals surface area contributed by atoms with E-state index in [4.69, 9.17) is 5.84 Å². The molecule has 7 heteroatoms. The molecule has 0 aliphatic heterocycles. The Morgan fingerprint density at radius 3 is 2.60 bits per heavy atom. The second-order valence-electron chi connectivity index (χ2n) is 4.31. The van der Waals surface area contributed by atoms with Crippen LogP contribution in [-0.4, -0.2) is 14.6 Å². The highest BCUT2D eigenvalue weighted by molar-refractivity contribution is 5.55. The topological polar surface area (TPSA) is 68.2 Å². The molecule has 20 heavy (non-hydrogen) atoms. The summed E-state index contributed by atoms with van der Waals surface area (Å²) >= 11 is 0. The Hall–Kier alpha value is -2.38. The summed E-state index contributed by atoms with van der Waals surface area (Å²) in [5.74, 6) is 4.22. The van der Waals surface area contributed by atoms with E-state index >= 15 is 0 Å². The number of nitrogens with two attached hydrogens (primary N) is 1. The first kappa shape index (κ1) is 12.6. The Kier molecular flexibility index (Phi) is 3.13. The van der Waals surface area contributed by atoms with Crippen LogP contribution < -0.4 is 11.3 Å². The van der Waals surface area contributed by atoms with E-state index in [0.717, 1.165) is 6.07 Å². The average Bonchev–Trinajstić information content (AvgIpc) is 2.83. The second kappa shape index (κ2) is 4.95. The van der Waals surface area contributed by atoms with Crippen LogP contribution in [0.5, 0.6) is 0 Å². The third-order valence-corrected chi connectivity index (χ3v) is 3.05. The minimum Gasteiger partial charge on any atom is -0.271 e. The minimum atomic E-state index is -0.658.